The molecule has 0 atom stereocenters. The molecular weight excluding hydrogens is 336 g/mol. The number of aromatic nitrogens is 2. The van der Waals surface area contributed by atoms with Crippen LogP contribution in [0.2, 0.25) is 0 Å². The van der Waals surface area contributed by atoms with Gasteiger partial charge in [-0.3, -0.25) is 0 Å². The van der Waals surface area contributed by atoms with E-state index in [1.807, 2.05) is 71.4 Å². The predicted molar refractivity (Wildman–Crippen MR) is 108 cm³/mol. The fraction of sp³-hybridized carbons (Fsp3) is 0.0870. The van der Waals surface area contributed by atoms with E-state index in [0.29, 0.717) is 0 Å². The highest BCUT2D eigenvalue weighted by Crippen LogP contribution is 2.33. The molecule has 0 radical (unpaired) electrons. The fourth-order valence-electron chi connectivity index (χ4n) is 3.10. The summed E-state index contributed by atoms with van der Waals surface area (Å²) < 4.78 is 12.8. The van der Waals surface area contributed by atoms with Crippen LogP contribution in [0, 0.1) is 0 Å². The number of nitrogens with zero attached hydrogens (tertiary/aromatic N) is 2. The Kier molecular flexibility index (Phi) is 4.62. The average molecular weight is 356 g/mol. The highest BCUT2D eigenvalue weighted by Gasteiger charge is 2.15. The first-order valence-corrected chi connectivity index (χ1v) is 8.73. The average Bonchev–Trinajstić information content (AvgIpc) is 3.19. The van der Waals surface area contributed by atoms with E-state index in [1.165, 1.54) is 0 Å². The summed E-state index contributed by atoms with van der Waals surface area (Å²) in [5.41, 5.74) is 4.91. The van der Waals surface area contributed by atoms with Crippen LogP contribution in [0.25, 0.3) is 28.2 Å². The van der Waals surface area contributed by atoms with E-state index in [1.54, 1.807) is 14.2 Å². The van der Waals surface area contributed by atoms with Gasteiger partial charge in [0.1, 0.15) is 11.5 Å². The van der Waals surface area contributed by atoms with Gasteiger partial charge in [-0.15, -0.1) is 0 Å². The van der Waals surface area contributed by atoms with Crippen molar-refractivity contribution in [1.82, 2.24) is 9.78 Å². The van der Waals surface area contributed by atoms with Gasteiger partial charge in [-0.25, -0.2) is 4.68 Å². The second-order valence-corrected chi connectivity index (χ2v) is 6.09. The van der Waals surface area contributed by atoms with Crippen LogP contribution in [-0.4, -0.2) is 24.0 Å². The molecule has 0 amide bonds. The topological polar surface area (TPSA) is 36.3 Å². The summed E-state index contributed by atoms with van der Waals surface area (Å²) in [5.74, 6) is 1.62. The van der Waals surface area contributed by atoms with E-state index >= 15 is 0 Å². The minimum Gasteiger partial charge on any atom is -0.497 e. The van der Waals surface area contributed by atoms with Crippen LogP contribution in [0.1, 0.15) is 0 Å². The largest absolute Gasteiger partial charge is 0.497 e. The van der Waals surface area contributed by atoms with Crippen LogP contribution >= 0.6 is 0 Å². The molecule has 0 aliphatic rings. The monoisotopic (exact) mass is 356 g/mol. The van der Waals surface area contributed by atoms with Gasteiger partial charge in [0, 0.05) is 11.1 Å². The third kappa shape index (κ3) is 3.29. The van der Waals surface area contributed by atoms with E-state index in [0.717, 1.165) is 39.7 Å². The van der Waals surface area contributed by atoms with Crippen LogP contribution in [0.4, 0.5) is 0 Å². The third-order valence-electron chi connectivity index (χ3n) is 4.48. The smallest absolute Gasteiger partial charge is 0.128 e. The Morgan fingerprint density at radius 2 is 1.44 bits per heavy atom. The zero-order chi connectivity index (χ0) is 18.6. The molecule has 134 valence electrons. The molecule has 27 heavy (non-hydrogen) atoms. The molecule has 4 heteroatoms. The number of para-hydroxylation sites is 1. The molecule has 0 fully saturated rings. The van der Waals surface area contributed by atoms with Gasteiger partial charge in [0.15, 0.2) is 0 Å². The van der Waals surface area contributed by atoms with Crippen molar-refractivity contribution in [3.8, 4) is 39.7 Å². The summed E-state index contributed by atoms with van der Waals surface area (Å²) in [6, 6.07) is 28.2. The molecule has 4 aromatic rings. The summed E-state index contributed by atoms with van der Waals surface area (Å²) in [6.07, 6.45) is 0. The molecule has 0 spiro atoms. The van der Waals surface area contributed by atoms with Gasteiger partial charge in [-0.05, 0) is 42.5 Å². The molecule has 0 aliphatic heterocycles. The first kappa shape index (κ1) is 16.9. The van der Waals surface area contributed by atoms with Gasteiger partial charge in [0.05, 0.1) is 31.3 Å². The summed E-state index contributed by atoms with van der Waals surface area (Å²) >= 11 is 0. The van der Waals surface area contributed by atoms with Crippen molar-refractivity contribution < 1.29 is 9.47 Å². The third-order valence-corrected chi connectivity index (χ3v) is 4.48. The molecule has 0 saturated carbocycles. The number of hydrogen-bond donors (Lipinski definition) is 0. The number of rotatable bonds is 5. The second-order valence-electron chi connectivity index (χ2n) is 6.09. The van der Waals surface area contributed by atoms with E-state index in [9.17, 15) is 0 Å². The quantitative estimate of drug-likeness (QED) is 0.492. The molecule has 0 N–H and O–H groups in total. The van der Waals surface area contributed by atoms with Gasteiger partial charge in [0.25, 0.3) is 0 Å². The SMILES string of the molecule is COc1ccc(-n2nc(-c3ccccc3OC)cc2-c2ccccc2)cc1. The predicted octanol–water partition coefficient (Wildman–Crippen LogP) is 5.22. The van der Waals surface area contributed by atoms with Crippen LogP contribution in [0.5, 0.6) is 11.5 Å². The van der Waals surface area contributed by atoms with Crippen molar-refractivity contribution >= 4 is 0 Å². The van der Waals surface area contributed by atoms with Crippen molar-refractivity contribution in [3.63, 3.8) is 0 Å². The van der Waals surface area contributed by atoms with Gasteiger partial charge >= 0.3 is 0 Å². The second kappa shape index (κ2) is 7.38. The highest BCUT2D eigenvalue weighted by atomic mass is 16.5. The Morgan fingerprint density at radius 1 is 0.741 bits per heavy atom. The summed E-state index contributed by atoms with van der Waals surface area (Å²) in [5, 5.41) is 4.89. The zero-order valence-electron chi connectivity index (χ0n) is 15.3. The number of hydrogen-bond acceptors (Lipinski definition) is 3. The van der Waals surface area contributed by atoms with Gasteiger partial charge in [0.2, 0.25) is 0 Å². The lowest BCUT2D eigenvalue weighted by molar-refractivity contribution is 0.414. The molecule has 1 heterocycles. The minimum atomic E-state index is 0.802. The maximum Gasteiger partial charge on any atom is 0.128 e. The van der Waals surface area contributed by atoms with Crippen LogP contribution in [-0.2, 0) is 0 Å². The minimum absolute atomic E-state index is 0.802. The Bertz CT molecular complexity index is 1040. The standard InChI is InChI=1S/C23H20N2O2/c1-26-19-14-12-18(13-15-19)25-22(17-8-4-3-5-9-17)16-21(24-25)20-10-6-7-11-23(20)27-2/h3-16H,1-2H3. The lowest BCUT2D eigenvalue weighted by Crippen LogP contribution is -1.99. The van der Waals surface area contributed by atoms with Crippen molar-refractivity contribution in [2.45, 2.75) is 0 Å². The maximum atomic E-state index is 5.52. The van der Waals surface area contributed by atoms with Crippen molar-refractivity contribution in [2.24, 2.45) is 0 Å². The lowest BCUT2D eigenvalue weighted by Gasteiger charge is -2.08. The Morgan fingerprint density at radius 3 is 2.15 bits per heavy atom. The molecule has 1 aromatic heterocycles. The summed E-state index contributed by atoms with van der Waals surface area (Å²) in [7, 11) is 3.34. The van der Waals surface area contributed by atoms with Gasteiger partial charge in [-0.1, -0.05) is 42.5 Å². The van der Waals surface area contributed by atoms with Crippen LogP contribution in [0.15, 0.2) is 84.9 Å². The van der Waals surface area contributed by atoms with E-state index in [4.69, 9.17) is 14.6 Å². The van der Waals surface area contributed by atoms with E-state index in [2.05, 4.69) is 18.2 Å². The van der Waals surface area contributed by atoms with E-state index < -0.39 is 0 Å². The highest BCUT2D eigenvalue weighted by molar-refractivity contribution is 5.74. The zero-order valence-corrected chi connectivity index (χ0v) is 15.3. The lowest BCUT2D eigenvalue weighted by atomic mass is 10.1. The Labute approximate surface area is 158 Å². The summed E-state index contributed by atoms with van der Waals surface area (Å²) in [6.45, 7) is 0. The van der Waals surface area contributed by atoms with E-state index in [-0.39, 0.29) is 0 Å². The first-order chi connectivity index (χ1) is 13.3. The molecule has 0 saturated heterocycles. The Balaban J connectivity index is 1.89. The Hall–Kier alpha value is -3.53. The first-order valence-electron chi connectivity index (χ1n) is 8.73. The van der Waals surface area contributed by atoms with Gasteiger partial charge in [-0.2, -0.15) is 5.10 Å². The number of methoxy groups -OCH3 is 2. The molecule has 0 aliphatic carbocycles. The fourth-order valence-corrected chi connectivity index (χ4v) is 3.10. The maximum absolute atomic E-state index is 5.52. The van der Waals surface area contributed by atoms with Crippen molar-refractivity contribution in [3.05, 3.63) is 84.9 Å². The van der Waals surface area contributed by atoms with Crippen LogP contribution in [0.3, 0.4) is 0 Å². The molecule has 0 unspecified atom stereocenters. The molecule has 3 aromatic carbocycles. The normalized spacial score (nSPS) is 10.6. The van der Waals surface area contributed by atoms with Crippen molar-refractivity contribution in [2.75, 3.05) is 14.2 Å². The number of benzene rings is 3. The molecule has 4 rings (SSSR count). The van der Waals surface area contributed by atoms with Crippen LogP contribution < -0.4 is 9.47 Å². The molecule has 0 bridgehead atoms. The molecule has 4 nitrogen and oxygen atoms in total. The number of ether oxygens (including phenoxy) is 2. The van der Waals surface area contributed by atoms with Crippen molar-refractivity contribution in [1.29, 1.82) is 0 Å². The summed E-state index contributed by atoms with van der Waals surface area (Å²) in [4.78, 5) is 0. The van der Waals surface area contributed by atoms with Gasteiger partial charge < -0.3 is 9.47 Å². The molecular formula is C23H20N2O2.